The Morgan fingerprint density at radius 3 is 2.44 bits per heavy atom. The zero-order valence-electron chi connectivity index (χ0n) is 20.8. The van der Waals surface area contributed by atoms with E-state index < -0.39 is 0 Å². The van der Waals surface area contributed by atoms with E-state index in [9.17, 15) is 9.59 Å². The zero-order valence-corrected chi connectivity index (χ0v) is 20.8. The fourth-order valence-corrected chi connectivity index (χ4v) is 5.22. The highest BCUT2D eigenvalue weighted by atomic mass is 16.2. The van der Waals surface area contributed by atoms with Crippen LogP contribution in [0.3, 0.4) is 0 Å². The predicted octanol–water partition coefficient (Wildman–Crippen LogP) is 5.70. The lowest BCUT2D eigenvalue weighted by atomic mass is 9.83. The minimum absolute atomic E-state index is 0.115. The lowest BCUT2D eigenvalue weighted by Gasteiger charge is -2.23. The highest BCUT2D eigenvalue weighted by Gasteiger charge is 2.31. The summed E-state index contributed by atoms with van der Waals surface area (Å²) < 4.78 is 1.51. The van der Waals surface area contributed by atoms with E-state index in [0.717, 1.165) is 47.6 Å². The molecule has 2 aliphatic carbocycles. The summed E-state index contributed by atoms with van der Waals surface area (Å²) >= 11 is 0. The van der Waals surface area contributed by atoms with Crippen molar-refractivity contribution in [2.75, 3.05) is 6.54 Å². The minimum Gasteiger partial charge on any atom is -0.355 e. The smallest absolute Gasteiger partial charge is 0.267 e. The normalized spacial score (nSPS) is 16.9. The van der Waals surface area contributed by atoms with Crippen molar-refractivity contribution in [2.45, 2.75) is 57.4 Å². The molecule has 5 heteroatoms. The van der Waals surface area contributed by atoms with Gasteiger partial charge in [0.15, 0.2) is 0 Å². The van der Waals surface area contributed by atoms with Gasteiger partial charge in [0, 0.05) is 18.2 Å². The first kappa shape index (κ1) is 24.2. The summed E-state index contributed by atoms with van der Waals surface area (Å²) in [6.07, 6.45) is 12.6. The third-order valence-corrected chi connectivity index (χ3v) is 7.40. The van der Waals surface area contributed by atoms with Gasteiger partial charge in [0.2, 0.25) is 5.91 Å². The molecule has 5 nitrogen and oxygen atoms in total. The number of carbonyl (C=O) groups is 1. The van der Waals surface area contributed by atoms with Crippen molar-refractivity contribution in [1.29, 1.82) is 0 Å². The molecule has 3 aromatic rings. The second-order valence-corrected chi connectivity index (χ2v) is 10.2. The third kappa shape index (κ3) is 6.20. The van der Waals surface area contributed by atoms with Crippen LogP contribution in [0, 0.1) is 11.8 Å². The van der Waals surface area contributed by atoms with Gasteiger partial charge in [-0.25, -0.2) is 4.68 Å². The molecule has 1 heterocycles. The molecular formula is C31H35N3O2. The first-order chi connectivity index (χ1) is 17.7. The molecule has 2 aromatic carbocycles. The highest BCUT2D eigenvalue weighted by molar-refractivity contribution is 5.84. The summed E-state index contributed by atoms with van der Waals surface area (Å²) in [6, 6.07) is 21.4. The second kappa shape index (κ2) is 11.5. The van der Waals surface area contributed by atoms with E-state index in [1.807, 2.05) is 42.5 Å². The van der Waals surface area contributed by atoms with E-state index >= 15 is 0 Å². The van der Waals surface area contributed by atoms with Crippen molar-refractivity contribution in [3.8, 4) is 11.3 Å². The van der Waals surface area contributed by atoms with Gasteiger partial charge in [-0.2, -0.15) is 5.10 Å². The van der Waals surface area contributed by atoms with Crippen LogP contribution in [0.5, 0.6) is 0 Å². The maximum Gasteiger partial charge on any atom is 0.267 e. The summed E-state index contributed by atoms with van der Waals surface area (Å²) in [4.78, 5) is 25.7. The zero-order chi connectivity index (χ0) is 24.7. The summed E-state index contributed by atoms with van der Waals surface area (Å²) in [7, 11) is 0. The molecule has 2 saturated carbocycles. The highest BCUT2D eigenvalue weighted by Crippen LogP contribution is 2.37. The quantitative estimate of drug-likeness (QED) is 0.298. The first-order valence-corrected chi connectivity index (χ1v) is 13.3. The third-order valence-electron chi connectivity index (χ3n) is 7.40. The summed E-state index contributed by atoms with van der Waals surface area (Å²) in [5.41, 5.74) is 3.69. The Labute approximate surface area is 213 Å². The van der Waals surface area contributed by atoms with Crippen LogP contribution >= 0.6 is 0 Å². The molecule has 0 bridgehead atoms. The van der Waals surface area contributed by atoms with Gasteiger partial charge in [-0.15, -0.1) is 0 Å². The Kier molecular flexibility index (Phi) is 7.75. The summed E-state index contributed by atoms with van der Waals surface area (Å²) in [5.74, 6) is 1.20. The lowest BCUT2D eigenvalue weighted by Crippen LogP contribution is -2.33. The lowest BCUT2D eigenvalue weighted by molar-refractivity contribution is -0.123. The molecule has 36 heavy (non-hydrogen) atoms. The van der Waals surface area contributed by atoms with Gasteiger partial charge in [0.1, 0.15) is 0 Å². The Hall–Kier alpha value is -3.47. The molecule has 1 atom stereocenters. The molecule has 0 saturated heterocycles. The maximum absolute atomic E-state index is 13.2. The van der Waals surface area contributed by atoms with Crippen molar-refractivity contribution in [3.63, 3.8) is 0 Å². The average molecular weight is 482 g/mol. The van der Waals surface area contributed by atoms with Gasteiger partial charge in [0.25, 0.3) is 5.56 Å². The number of rotatable bonds is 10. The van der Waals surface area contributed by atoms with E-state index in [4.69, 9.17) is 0 Å². The summed E-state index contributed by atoms with van der Waals surface area (Å²) in [5, 5.41) is 7.77. The SMILES string of the molecule is O=C(NCC/C=C\C1CC1)C(c1ccc(Cn2nc(-c3ccccc3)ccc2=O)cc1)C1CCCC1. The van der Waals surface area contributed by atoms with Crippen LogP contribution in [0.25, 0.3) is 11.3 Å². The molecular weight excluding hydrogens is 446 g/mol. The van der Waals surface area contributed by atoms with Gasteiger partial charge in [-0.3, -0.25) is 9.59 Å². The Bertz CT molecular complexity index is 1240. The van der Waals surface area contributed by atoms with Gasteiger partial charge < -0.3 is 5.32 Å². The number of carbonyl (C=O) groups excluding carboxylic acids is 1. The molecule has 1 unspecified atom stereocenters. The van der Waals surface area contributed by atoms with Gasteiger partial charge >= 0.3 is 0 Å². The van der Waals surface area contributed by atoms with Crippen molar-refractivity contribution < 1.29 is 4.79 Å². The molecule has 2 aliphatic rings. The molecule has 186 valence electrons. The molecule has 1 N–H and O–H groups in total. The molecule has 0 aliphatic heterocycles. The number of benzene rings is 2. The average Bonchev–Trinajstić information content (AvgIpc) is 3.58. The minimum atomic E-state index is -0.127. The van der Waals surface area contributed by atoms with Crippen molar-refractivity contribution in [1.82, 2.24) is 15.1 Å². The van der Waals surface area contributed by atoms with Crippen molar-refractivity contribution in [3.05, 3.63) is 100 Å². The van der Waals surface area contributed by atoms with Crippen LogP contribution in [0.1, 0.15) is 62.0 Å². The Morgan fingerprint density at radius 2 is 1.72 bits per heavy atom. The van der Waals surface area contributed by atoms with Crippen LogP contribution in [0.2, 0.25) is 0 Å². The van der Waals surface area contributed by atoms with E-state index in [2.05, 4.69) is 34.7 Å². The largest absolute Gasteiger partial charge is 0.355 e. The van der Waals surface area contributed by atoms with E-state index in [-0.39, 0.29) is 17.4 Å². The molecule has 2 fully saturated rings. The molecule has 5 rings (SSSR count). The number of aromatic nitrogens is 2. The van der Waals surface area contributed by atoms with Gasteiger partial charge in [-0.05, 0) is 61.1 Å². The number of nitrogens with zero attached hydrogens (tertiary/aromatic N) is 2. The monoisotopic (exact) mass is 481 g/mol. The van der Waals surface area contributed by atoms with Crippen LogP contribution in [0.15, 0.2) is 83.7 Å². The maximum atomic E-state index is 13.2. The van der Waals surface area contributed by atoms with E-state index in [0.29, 0.717) is 19.0 Å². The Balaban J connectivity index is 1.27. The standard InChI is InChI=1S/C31H35N3O2/c35-29-20-19-28(25-9-2-1-3-10-25)33-34(29)22-24-15-17-27(18-16-24)30(26-11-4-5-12-26)31(36)32-21-7-6-8-23-13-14-23/h1-3,6,8-10,15-20,23,26,30H,4-5,7,11-14,21-22H2,(H,32,36)/b8-6-. The first-order valence-electron chi connectivity index (χ1n) is 13.3. The van der Waals surface area contributed by atoms with Gasteiger partial charge in [0.05, 0.1) is 18.2 Å². The fourth-order valence-electron chi connectivity index (χ4n) is 5.22. The number of allylic oxidation sites excluding steroid dienone is 1. The molecule has 1 amide bonds. The van der Waals surface area contributed by atoms with Crippen LogP contribution in [-0.4, -0.2) is 22.2 Å². The number of hydrogen-bond donors (Lipinski definition) is 1. The fraction of sp³-hybridized carbons (Fsp3) is 0.387. The number of nitrogens with one attached hydrogen (secondary N) is 1. The van der Waals surface area contributed by atoms with Gasteiger partial charge in [-0.1, -0.05) is 79.6 Å². The molecule has 0 spiro atoms. The van der Waals surface area contributed by atoms with Crippen molar-refractivity contribution >= 4 is 5.91 Å². The number of amides is 1. The van der Waals surface area contributed by atoms with Crippen LogP contribution in [-0.2, 0) is 11.3 Å². The second-order valence-electron chi connectivity index (χ2n) is 10.2. The molecule has 1 aromatic heterocycles. The summed E-state index contributed by atoms with van der Waals surface area (Å²) in [6.45, 7) is 1.09. The molecule has 0 radical (unpaired) electrons. The van der Waals surface area contributed by atoms with Crippen LogP contribution in [0.4, 0.5) is 0 Å². The predicted molar refractivity (Wildman–Crippen MR) is 144 cm³/mol. The number of hydrogen-bond acceptors (Lipinski definition) is 3. The van der Waals surface area contributed by atoms with E-state index in [1.165, 1.54) is 30.4 Å². The topological polar surface area (TPSA) is 64.0 Å². The van der Waals surface area contributed by atoms with E-state index in [1.54, 1.807) is 12.1 Å². The Morgan fingerprint density at radius 1 is 0.972 bits per heavy atom. The van der Waals surface area contributed by atoms with Crippen LogP contribution < -0.4 is 10.9 Å². The van der Waals surface area contributed by atoms with Crippen molar-refractivity contribution in [2.24, 2.45) is 11.8 Å².